The summed E-state index contributed by atoms with van der Waals surface area (Å²) in [6.45, 7) is 1.49. The summed E-state index contributed by atoms with van der Waals surface area (Å²) in [4.78, 5) is 25.5. The number of hydrogen-bond acceptors (Lipinski definition) is 6. The monoisotopic (exact) mass is 467 g/mol. The average molecular weight is 468 g/mol. The first-order chi connectivity index (χ1) is 15.9. The molecular weight excluding hydrogens is 442 g/mol. The van der Waals surface area contributed by atoms with Crippen LogP contribution in [0.2, 0.25) is 0 Å². The maximum Gasteiger partial charge on any atom is 0.277 e. The highest BCUT2D eigenvalue weighted by atomic mass is 32.2. The van der Waals surface area contributed by atoms with Crippen LogP contribution in [0.3, 0.4) is 0 Å². The van der Waals surface area contributed by atoms with Gasteiger partial charge in [-0.15, -0.1) is 0 Å². The third-order valence-corrected chi connectivity index (χ3v) is 7.25. The number of benzene rings is 1. The zero-order valence-electron chi connectivity index (χ0n) is 18.2. The molecule has 3 aromatic heterocycles. The fourth-order valence-corrected chi connectivity index (χ4v) is 4.96. The molecule has 1 aromatic carbocycles. The van der Waals surface area contributed by atoms with Crippen LogP contribution < -0.4 is 5.56 Å². The Labute approximate surface area is 190 Å². The van der Waals surface area contributed by atoms with Gasteiger partial charge >= 0.3 is 0 Å². The van der Waals surface area contributed by atoms with Crippen LogP contribution in [0, 0.1) is 5.92 Å². The number of imidazole rings is 1. The number of hydrogen-bond donors (Lipinski definition) is 2. The van der Waals surface area contributed by atoms with Crippen LogP contribution in [-0.2, 0) is 21.0 Å². The van der Waals surface area contributed by atoms with Gasteiger partial charge in [-0.3, -0.25) is 9.89 Å². The van der Waals surface area contributed by atoms with E-state index in [4.69, 9.17) is 4.74 Å². The molecule has 33 heavy (non-hydrogen) atoms. The second kappa shape index (κ2) is 8.60. The van der Waals surface area contributed by atoms with E-state index in [1.807, 2.05) is 12.1 Å². The molecule has 0 unspecified atom stereocenters. The minimum absolute atomic E-state index is 0.205. The Kier molecular flexibility index (Phi) is 5.63. The molecule has 1 saturated heterocycles. The van der Waals surface area contributed by atoms with Crippen LogP contribution in [0.1, 0.15) is 24.8 Å². The van der Waals surface area contributed by atoms with Crippen molar-refractivity contribution in [3.8, 4) is 17.2 Å². The fourth-order valence-electron chi connectivity index (χ4n) is 4.30. The van der Waals surface area contributed by atoms with Crippen molar-refractivity contribution in [1.82, 2.24) is 24.7 Å². The van der Waals surface area contributed by atoms with Crippen LogP contribution in [-0.4, -0.2) is 52.6 Å². The number of fused-ring (bicyclic) bond motifs is 1. The zero-order valence-corrected chi connectivity index (χ0v) is 19.1. The van der Waals surface area contributed by atoms with Gasteiger partial charge in [0.1, 0.15) is 0 Å². The number of sulfone groups is 1. The molecule has 1 aliphatic heterocycles. The van der Waals surface area contributed by atoms with Crippen molar-refractivity contribution in [2.45, 2.75) is 30.6 Å². The third kappa shape index (κ3) is 4.36. The predicted octanol–water partition coefficient (Wildman–Crippen LogP) is 2.87. The van der Waals surface area contributed by atoms with Gasteiger partial charge in [0, 0.05) is 36.8 Å². The number of nitrogens with zero attached hydrogens (tertiary/aromatic N) is 3. The SMILES string of the molecule is CS(=O)(=O)c1cccc(-c2[nH]n(-c3nc4ncccc4[nH]3)c(=O)c2CCC2CCOCC2)c1. The molecule has 0 saturated carbocycles. The Bertz CT molecular complexity index is 1430. The van der Waals surface area contributed by atoms with Crippen molar-refractivity contribution < 1.29 is 13.2 Å². The number of pyridine rings is 1. The van der Waals surface area contributed by atoms with E-state index in [1.165, 1.54) is 10.9 Å². The Morgan fingerprint density at radius 2 is 2.00 bits per heavy atom. The summed E-state index contributed by atoms with van der Waals surface area (Å²) in [5.41, 5.74) is 2.88. The Hall–Kier alpha value is -3.24. The minimum atomic E-state index is -3.39. The van der Waals surface area contributed by atoms with Crippen LogP contribution in [0.25, 0.3) is 28.4 Å². The largest absolute Gasteiger partial charge is 0.381 e. The number of H-pyrrole nitrogens is 2. The molecule has 0 amide bonds. The van der Waals surface area contributed by atoms with E-state index >= 15 is 0 Å². The molecule has 172 valence electrons. The lowest BCUT2D eigenvalue weighted by atomic mass is 9.92. The van der Waals surface area contributed by atoms with Crippen LogP contribution in [0.4, 0.5) is 0 Å². The highest BCUT2D eigenvalue weighted by molar-refractivity contribution is 7.90. The van der Waals surface area contributed by atoms with Gasteiger partial charge in [0.25, 0.3) is 5.56 Å². The molecule has 5 rings (SSSR count). The minimum Gasteiger partial charge on any atom is -0.381 e. The second-order valence-electron chi connectivity index (χ2n) is 8.44. The summed E-state index contributed by atoms with van der Waals surface area (Å²) in [5.74, 6) is 0.832. The zero-order chi connectivity index (χ0) is 23.0. The van der Waals surface area contributed by atoms with E-state index in [0.29, 0.717) is 40.8 Å². The maximum atomic E-state index is 13.5. The molecule has 0 atom stereocenters. The summed E-state index contributed by atoms with van der Waals surface area (Å²) >= 11 is 0. The summed E-state index contributed by atoms with van der Waals surface area (Å²) in [6, 6.07) is 10.3. The highest BCUT2D eigenvalue weighted by Crippen LogP contribution is 2.27. The van der Waals surface area contributed by atoms with E-state index < -0.39 is 9.84 Å². The van der Waals surface area contributed by atoms with Crippen LogP contribution in [0.15, 0.2) is 52.3 Å². The van der Waals surface area contributed by atoms with Crippen molar-refractivity contribution in [1.29, 1.82) is 0 Å². The van der Waals surface area contributed by atoms with Crippen molar-refractivity contribution in [2.75, 3.05) is 19.5 Å². The van der Waals surface area contributed by atoms with Gasteiger partial charge in [0.05, 0.1) is 16.1 Å². The van der Waals surface area contributed by atoms with Crippen LogP contribution >= 0.6 is 0 Å². The van der Waals surface area contributed by atoms with Crippen molar-refractivity contribution in [3.63, 3.8) is 0 Å². The molecule has 10 heteroatoms. The van der Waals surface area contributed by atoms with E-state index in [9.17, 15) is 13.2 Å². The molecule has 9 nitrogen and oxygen atoms in total. The Balaban J connectivity index is 1.60. The number of ether oxygens (including phenoxy) is 1. The molecule has 0 bridgehead atoms. The van der Waals surface area contributed by atoms with E-state index in [0.717, 1.165) is 38.0 Å². The van der Waals surface area contributed by atoms with Crippen molar-refractivity contribution in [2.24, 2.45) is 5.92 Å². The van der Waals surface area contributed by atoms with Crippen molar-refractivity contribution >= 4 is 21.0 Å². The van der Waals surface area contributed by atoms with E-state index in [-0.39, 0.29) is 10.5 Å². The van der Waals surface area contributed by atoms with E-state index in [2.05, 4.69) is 20.1 Å². The summed E-state index contributed by atoms with van der Waals surface area (Å²) in [7, 11) is -3.39. The van der Waals surface area contributed by atoms with Crippen LogP contribution in [0.5, 0.6) is 0 Å². The summed E-state index contributed by atoms with van der Waals surface area (Å²) in [6.07, 6.45) is 6.21. The first-order valence-corrected chi connectivity index (χ1v) is 12.8. The van der Waals surface area contributed by atoms with Gasteiger partial charge in [-0.1, -0.05) is 12.1 Å². The maximum absolute atomic E-state index is 13.5. The van der Waals surface area contributed by atoms with Gasteiger partial charge in [0.15, 0.2) is 15.5 Å². The quantitative estimate of drug-likeness (QED) is 0.450. The lowest BCUT2D eigenvalue weighted by Gasteiger charge is -2.21. The smallest absolute Gasteiger partial charge is 0.277 e. The van der Waals surface area contributed by atoms with Gasteiger partial charge in [-0.25, -0.2) is 13.4 Å². The van der Waals surface area contributed by atoms with Gasteiger partial charge in [0.2, 0.25) is 5.95 Å². The standard InChI is InChI=1S/C23H25N5O4S/c1-33(30,31)17-5-2-4-16(14-17)20-18(8-7-15-9-12-32-13-10-15)22(29)28(27-20)23-25-19-6-3-11-24-21(19)26-23/h2-6,11,14-15,27H,7-10,12-13H2,1H3,(H,24,25,26). The normalized spacial score (nSPS) is 15.3. The fraction of sp³-hybridized carbons (Fsp3) is 0.348. The first kappa shape index (κ1) is 21.6. The van der Waals surface area contributed by atoms with Gasteiger partial charge in [-0.05, 0) is 55.9 Å². The summed E-state index contributed by atoms with van der Waals surface area (Å²) < 4.78 is 31.1. The number of aromatic amines is 2. The molecule has 1 fully saturated rings. The molecule has 2 N–H and O–H groups in total. The summed E-state index contributed by atoms with van der Waals surface area (Å²) in [5, 5.41) is 3.17. The van der Waals surface area contributed by atoms with Gasteiger partial charge < -0.3 is 9.72 Å². The van der Waals surface area contributed by atoms with E-state index in [1.54, 1.807) is 30.5 Å². The van der Waals surface area contributed by atoms with Crippen molar-refractivity contribution in [3.05, 3.63) is 58.5 Å². The molecule has 0 aliphatic carbocycles. The predicted molar refractivity (Wildman–Crippen MR) is 124 cm³/mol. The Morgan fingerprint density at radius 1 is 1.18 bits per heavy atom. The molecule has 0 radical (unpaired) electrons. The van der Waals surface area contributed by atoms with Gasteiger partial charge in [-0.2, -0.15) is 9.67 Å². The number of nitrogens with one attached hydrogen (secondary N) is 2. The molecular formula is C23H25N5O4S. The first-order valence-electron chi connectivity index (χ1n) is 10.9. The number of rotatable bonds is 6. The second-order valence-corrected chi connectivity index (χ2v) is 10.5. The average Bonchev–Trinajstić information content (AvgIpc) is 3.38. The Morgan fingerprint density at radius 3 is 2.76 bits per heavy atom. The molecule has 4 heterocycles. The highest BCUT2D eigenvalue weighted by Gasteiger charge is 2.22. The molecule has 1 aliphatic rings. The molecule has 0 spiro atoms. The number of aromatic nitrogens is 5. The topological polar surface area (TPSA) is 123 Å². The lowest BCUT2D eigenvalue weighted by molar-refractivity contribution is 0.0640. The third-order valence-electron chi connectivity index (χ3n) is 6.14. The molecule has 4 aromatic rings. The lowest BCUT2D eigenvalue weighted by Crippen LogP contribution is -2.20.